The van der Waals surface area contributed by atoms with Gasteiger partial charge in [-0.3, -0.25) is 4.90 Å². The zero-order valence-corrected chi connectivity index (χ0v) is 17.2. The van der Waals surface area contributed by atoms with Gasteiger partial charge in [-0.25, -0.2) is 12.8 Å². The maximum atomic E-state index is 14.0. The molecule has 0 aliphatic carbocycles. The Labute approximate surface area is 170 Å². The van der Waals surface area contributed by atoms with E-state index >= 15 is 0 Å². The number of hydrogen-bond acceptors (Lipinski definition) is 5. The highest BCUT2D eigenvalue weighted by atomic mass is 32.2. The number of phenolic OH excluding ortho intramolecular Hbond substituents is 1. The van der Waals surface area contributed by atoms with Crippen molar-refractivity contribution < 1.29 is 22.7 Å². The highest BCUT2D eigenvalue weighted by Crippen LogP contribution is 2.30. The van der Waals surface area contributed by atoms with Crippen molar-refractivity contribution in [3.05, 3.63) is 66.0 Å². The van der Waals surface area contributed by atoms with Crippen molar-refractivity contribution in [2.75, 3.05) is 33.3 Å². The molecule has 2 aromatic rings. The lowest BCUT2D eigenvalue weighted by Crippen LogP contribution is -2.48. The molecule has 1 heterocycles. The van der Waals surface area contributed by atoms with Gasteiger partial charge in [-0.15, -0.1) is 6.58 Å². The van der Waals surface area contributed by atoms with Crippen LogP contribution in [-0.4, -0.2) is 56.0 Å². The molecule has 2 aromatic carbocycles. The molecule has 1 N–H and O–H groups in total. The van der Waals surface area contributed by atoms with Gasteiger partial charge in [0.15, 0.2) is 0 Å². The van der Waals surface area contributed by atoms with Crippen LogP contribution < -0.4 is 4.74 Å². The Morgan fingerprint density at radius 3 is 2.45 bits per heavy atom. The van der Waals surface area contributed by atoms with Crippen LogP contribution in [0.25, 0.3) is 0 Å². The summed E-state index contributed by atoms with van der Waals surface area (Å²) in [6.45, 7) is 5.62. The molecule has 1 aliphatic rings. The molecule has 0 atom stereocenters. The second-order valence-electron chi connectivity index (χ2n) is 6.90. The molecule has 29 heavy (non-hydrogen) atoms. The number of methoxy groups -OCH3 is 1. The number of hydrogen-bond donors (Lipinski definition) is 1. The molecular formula is C21H25FN2O4S. The zero-order chi connectivity index (χ0) is 21.0. The second kappa shape index (κ2) is 8.94. The van der Waals surface area contributed by atoms with Crippen LogP contribution in [0.4, 0.5) is 4.39 Å². The maximum Gasteiger partial charge on any atom is 0.246 e. The molecule has 8 heteroatoms. The third-order valence-electron chi connectivity index (χ3n) is 5.02. The number of halogens is 1. The summed E-state index contributed by atoms with van der Waals surface area (Å²) in [5.74, 6) is 0.105. The Bertz CT molecular complexity index is 986. The van der Waals surface area contributed by atoms with Crippen molar-refractivity contribution in [3.63, 3.8) is 0 Å². The smallest absolute Gasteiger partial charge is 0.246 e. The van der Waals surface area contributed by atoms with Gasteiger partial charge in [0.2, 0.25) is 10.0 Å². The van der Waals surface area contributed by atoms with Gasteiger partial charge in [-0.05, 0) is 30.7 Å². The van der Waals surface area contributed by atoms with Gasteiger partial charge >= 0.3 is 0 Å². The standard InChI is InChI=1S/C21H25FN2O4S/c1-3-6-16-13-18(28-2)14-17(21(16)25)15-23-9-11-24(12-10-23)29(26,27)20-8-5-4-7-19(20)22/h3-5,7-8,13-14,25H,1,6,9-12,15H2,2H3. The molecule has 0 radical (unpaired) electrons. The van der Waals surface area contributed by atoms with Crippen LogP contribution in [0.3, 0.4) is 0 Å². The highest BCUT2D eigenvalue weighted by Gasteiger charge is 2.30. The number of allylic oxidation sites excluding steroid dienone is 1. The van der Waals surface area contributed by atoms with E-state index in [-0.39, 0.29) is 23.7 Å². The Morgan fingerprint density at radius 1 is 1.17 bits per heavy atom. The van der Waals surface area contributed by atoms with Crippen molar-refractivity contribution >= 4 is 10.0 Å². The lowest BCUT2D eigenvalue weighted by molar-refractivity contribution is 0.179. The van der Waals surface area contributed by atoms with E-state index in [0.29, 0.717) is 37.4 Å². The summed E-state index contributed by atoms with van der Waals surface area (Å²) in [5.41, 5.74) is 1.45. The molecule has 0 saturated carbocycles. The zero-order valence-electron chi connectivity index (χ0n) is 16.3. The number of piperazine rings is 1. The minimum absolute atomic E-state index is 0.201. The highest BCUT2D eigenvalue weighted by molar-refractivity contribution is 7.89. The summed E-state index contributed by atoms with van der Waals surface area (Å²) in [5, 5.41) is 10.6. The molecule has 3 rings (SSSR count). The summed E-state index contributed by atoms with van der Waals surface area (Å²) < 4.78 is 46.0. The molecule has 0 bridgehead atoms. The molecule has 0 amide bonds. The summed E-state index contributed by atoms with van der Waals surface area (Å²) in [6.07, 6.45) is 2.23. The van der Waals surface area contributed by atoms with Crippen molar-refractivity contribution in [1.29, 1.82) is 0 Å². The third kappa shape index (κ3) is 4.60. The Hall–Kier alpha value is -2.42. The monoisotopic (exact) mass is 420 g/mol. The largest absolute Gasteiger partial charge is 0.507 e. The van der Waals surface area contributed by atoms with E-state index in [1.165, 1.54) is 22.5 Å². The molecule has 1 saturated heterocycles. The first-order chi connectivity index (χ1) is 13.9. The van der Waals surface area contributed by atoms with Crippen LogP contribution in [-0.2, 0) is 23.0 Å². The first kappa shape index (κ1) is 21.3. The van der Waals surface area contributed by atoms with Gasteiger partial charge in [-0.1, -0.05) is 18.2 Å². The van der Waals surface area contributed by atoms with Crippen molar-refractivity contribution in [2.45, 2.75) is 17.9 Å². The van der Waals surface area contributed by atoms with Gasteiger partial charge in [0.05, 0.1) is 7.11 Å². The summed E-state index contributed by atoms with van der Waals surface area (Å²) in [4.78, 5) is 1.76. The summed E-state index contributed by atoms with van der Waals surface area (Å²) in [6, 6.07) is 8.97. The average Bonchev–Trinajstić information content (AvgIpc) is 2.71. The number of rotatable bonds is 7. The van der Waals surface area contributed by atoms with E-state index in [2.05, 4.69) is 11.5 Å². The predicted molar refractivity (Wildman–Crippen MR) is 109 cm³/mol. The average molecular weight is 421 g/mol. The van der Waals surface area contributed by atoms with Gasteiger partial charge in [0.1, 0.15) is 22.2 Å². The number of benzene rings is 2. The molecule has 0 spiro atoms. The molecular weight excluding hydrogens is 395 g/mol. The fourth-order valence-electron chi connectivity index (χ4n) is 3.44. The minimum Gasteiger partial charge on any atom is -0.507 e. The van der Waals surface area contributed by atoms with E-state index in [1.807, 2.05) is 0 Å². The fourth-order valence-corrected chi connectivity index (χ4v) is 4.93. The minimum atomic E-state index is -3.87. The van der Waals surface area contributed by atoms with Crippen LogP contribution >= 0.6 is 0 Å². The molecule has 1 aliphatic heterocycles. The van der Waals surface area contributed by atoms with Gasteiger partial charge < -0.3 is 9.84 Å². The lowest BCUT2D eigenvalue weighted by Gasteiger charge is -2.34. The van der Waals surface area contributed by atoms with E-state index < -0.39 is 15.8 Å². The van der Waals surface area contributed by atoms with Crippen LogP contribution in [0.2, 0.25) is 0 Å². The van der Waals surface area contributed by atoms with Crippen molar-refractivity contribution in [2.24, 2.45) is 0 Å². The third-order valence-corrected chi connectivity index (χ3v) is 6.95. The predicted octanol–water partition coefficient (Wildman–Crippen LogP) is 2.77. The number of ether oxygens (including phenoxy) is 1. The Morgan fingerprint density at radius 2 is 1.83 bits per heavy atom. The number of phenols is 1. The van der Waals surface area contributed by atoms with Crippen LogP contribution in [0.5, 0.6) is 11.5 Å². The topological polar surface area (TPSA) is 70.1 Å². The first-order valence-corrected chi connectivity index (χ1v) is 10.8. The van der Waals surface area contributed by atoms with Crippen LogP contribution in [0.1, 0.15) is 11.1 Å². The maximum absolute atomic E-state index is 14.0. The van der Waals surface area contributed by atoms with Crippen LogP contribution in [0.15, 0.2) is 53.9 Å². The first-order valence-electron chi connectivity index (χ1n) is 9.33. The molecule has 0 unspecified atom stereocenters. The quantitative estimate of drug-likeness (QED) is 0.698. The van der Waals surface area contributed by atoms with Crippen LogP contribution in [0, 0.1) is 5.82 Å². The van der Waals surface area contributed by atoms with Crippen molar-refractivity contribution in [3.8, 4) is 11.5 Å². The summed E-state index contributed by atoms with van der Waals surface area (Å²) >= 11 is 0. The Kier molecular flexibility index (Phi) is 6.56. The normalized spacial score (nSPS) is 15.9. The molecule has 6 nitrogen and oxygen atoms in total. The molecule has 0 aromatic heterocycles. The van der Waals surface area contributed by atoms with E-state index in [0.717, 1.165) is 11.6 Å². The van der Waals surface area contributed by atoms with Gasteiger partial charge in [0.25, 0.3) is 0 Å². The lowest BCUT2D eigenvalue weighted by atomic mass is 10.0. The second-order valence-corrected chi connectivity index (χ2v) is 8.80. The van der Waals surface area contributed by atoms with E-state index in [4.69, 9.17) is 4.74 Å². The van der Waals surface area contributed by atoms with Gasteiger partial charge in [0, 0.05) is 43.9 Å². The Balaban J connectivity index is 1.71. The number of nitrogens with zero attached hydrogens (tertiary/aromatic N) is 2. The fraction of sp³-hybridized carbons (Fsp3) is 0.333. The number of aromatic hydroxyl groups is 1. The molecule has 1 fully saturated rings. The summed E-state index contributed by atoms with van der Waals surface area (Å²) in [7, 11) is -2.30. The number of sulfonamides is 1. The van der Waals surface area contributed by atoms with E-state index in [1.54, 1.807) is 25.3 Å². The van der Waals surface area contributed by atoms with Crippen molar-refractivity contribution in [1.82, 2.24) is 9.21 Å². The SMILES string of the molecule is C=CCc1cc(OC)cc(CN2CCN(S(=O)(=O)c3ccccc3F)CC2)c1O. The van der Waals surface area contributed by atoms with E-state index in [9.17, 15) is 17.9 Å². The van der Waals surface area contributed by atoms with Gasteiger partial charge in [-0.2, -0.15) is 4.31 Å². The molecule has 156 valence electrons.